The second kappa shape index (κ2) is 5.07. The molecule has 0 bridgehead atoms. The molecule has 8 heteroatoms. The van der Waals surface area contributed by atoms with Crippen LogP contribution >= 0.6 is 0 Å². The summed E-state index contributed by atoms with van der Waals surface area (Å²) in [6.07, 6.45) is -0.818. The zero-order chi connectivity index (χ0) is 14.0. The summed E-state index contributed by atoms with van der Waals surface area (Å²) in [5, 5.41) is 17.9. The van der Waals surface area contributed by atoms with Crippen LogP contribution in [0.25, 0.3) is 5.53 Å². The van der Waals surface area contributed by atoms with Gasteiger partial charge in [0.25, 0.3) is 5.78 Å². The third-order valence-corrected chi connectivity index (χ3v) is 2.96. The Balaban J connectivity index is 2.77. The normalized spacial score (nSPS) is 21.6. The van der Waals surface area contributed by atoms with Crippen LogP contribution in [0.1, 0.15) is 13.8 Å². The van der Waals surface area contributed by atoms with Crippen LogP contribution in [0, 0.1) is 5.92 Å². The molecule has 1 amide bonds. The highest BCUT2D eigenvalue weighted by Crippen LogP contribution is 2.23. The number of aliphatic carboxylic acids is 1. The van der Waals surface area contributed by atoms with Gasteiger partial charge in [0.15, 0.2) is 0 Å². The first-order valence-electron chi connectivity index (χ1n) is 5.29. The first-order valence-corrected chi connectivity index (χ1v) is 5.29. The maximum atomic E-state index is 11.6. The molecule has 0 aromatic heterocycles. The van der Waals surface area contributed by atoms with E-state index in [1.165, 1.54) is 13.8 Å². The molecule has 3 unspecified atom stereocenters. The minimum atomic E-state index is -1.66. The van der Waals surface area contributed by atoms with E-state index in [9.17, 15) is 19.5 Å². The van der Waals surface area contributed by atoms with Gasteiger partial charge in [-0.15, -0.1) is 0 Å². The molecule has 0 spiro atoms. The molecule has 1 aliphatic rings. The van der Waals surface area contributed by atoms with Crippen molar-refractivity contribution in [3.8, 4) is 0 Å². The van der Waals surface area contributed by atoms with E-state index < -0.39 is 41.4 Å². The highest BCUT2D eigenvalue weighted by atomic mass is 16.4. The zero-order valence-corrected chi connectivity index (χ0v) is 9.90. The molecular formula is C10H13N3O5. The Morgan fingerprint density at radius 3 is 2.39 bits per heavy atom. The highest BCUT2D eigenvalue weighted by molar-refractivity contribution is 6.63. The number of carboxylic acid groups (broad SMARTS) is 1. The van der Waals surface area contributed by atoms with E-state index in [0.717, 1.165) is 4.90 Å². The molecule has 3 atom stereocenters. The van der Waals surface area contributed by atoms with Gasteiger partial charge in [-0.1, -0.05) is 0 Å². The van der Waals surface area contributed by atoms with Crippen LogP contribution in [0.15, 0.2) is 0 Å². The number of carbonyl (C=O) groups excluding carboxylic acids is 2. The van der Waals surface area contributed by atoms with Gasteiger partial charge in [-0.05, 0) is 13.8 Å². The van der Waals surface area contributed by atoms with E-state index >= 15 is 0 Å². The van der Waals surface area contributed by atoms with Gasteiger partial charge in [0.2, 0.25) is 5.91 Å². The van der Waals surface area contributed by atoms with Crippen LogP contribution in [-0.4, -0.2) is 62.0 Å². The quantitative estimate of drug-likeness (QED) is 0.204. The number of β-lactam (4-membered cyclic amide) rings is 1. The fraction of sp³-hybridized carbons (Fsp3) is 0.600. The maximum absolute atomic E-state index is 11.6. The predicted molar refractivity (Wildman–Crippen MR) is 57.6 cm³/mol. The van der Waals surface area contributed by atoms with Crippen molar-refractivity contribution in [2.45, 2.75) is 26.0 Å². The Kier molecular flexibility index (Phi) is 3.95. The lowest BCUT2D eigenvalue weighted by Crippen LogP contribution is -2.62. The van der Waals surface area contributed by atoms with E-state index in [1.54, 1.807) is 0 Å². The second-order valence-corrected chi connectivity index (χ2v) is 4.13. The molecule has 0 aromatic rings. The van der Waals surface area contributed by atoms with Crippen molar-refractivity contribution in [1.29, 1.82) is 0 Å². The molecule has 0 saturated carbocycles. The monoisotopic (exact) mass is 255 g/mol. The SMILES string of the molecule is CC(O)C1CN(C(C)C(=O)C(=[N+]=[N-])C(=O)O)C1=O. The Labute approximate surface area is 102 Å². The van der Waals surface area contributed by atoms with Gasteiger partial charge in [0, 0.05) is 6.54 Å². The number of carboxylic acids is 1. The lowest BCUT2D eigenvalue weighted by molar-refractivity contribution is -0.160. The Morgan fingerprint density at radius 1 is 1.50 bits per heavy atom. The number of nitrogens with zero attached hydrogens (tertiary/aromatic N) is 3. The fourth-order valence-corrected chi connectivity index (χ4v) is 1.73. The second-order valence-electron chi connectivity index (χ2n) is 4.13. The van der Waals surface area contributed by atoms with Gasteiger partial charge < -0.3 is 20.6 Å². The summed E-state index contributed by atoms with van der Waals surface area (Å²) in [6.45, 7) is 2.97. The van der Waals surface area contributed by atoms with E-state index in [-0.39, 0.29) is 6.54 Å². The van der Waals surface area contributed by atoms with Gasteiger partial charge in [-0.25, -0.2) is 4.79 Å². The van der Waals surface area contributed by atoms with Crippen molar-refractivity contribution >= 4 is 23.4 Å². The van der Waals surface area contributed by atoms with Crippen LogP contribution in [0.5, 0.6) is 0 Å². The number of carbonyl (C=O) groups is 3. The summed E-state index contributed by atoms with van der Waals surface area (Å²) < 4.78 is 0. The van der Waals surface area contributed by atoms with E-state index in [4.69, 9.17) is 10.6 Å². The number of hydrogen-bond acceptors (Lipinski definition) is 4. The summed E-state index contributed by atoms with van der Waals surface area (Å²) in [4.78, 5) is 37.4. The smallest absolute Gasteiger partial charge is 0.443 e. The van der Waals surface area contributed by atoms with Gasteiger partial charge in [-0.2, -0.15) is 4.79 Å². The average molecular weight is 255 g/mol. The van der Waals surface area contributed by atoms with Crippen molar-refractivity contribution in [2.24, 2.45) is 5.92 Å². The van der Waals surface area contributed by atoms with Crippen LogP contribution in [0.3, 0.4) is 0 Å². The number of rotatable bonds is 5. The summed E-state index contributed by atoms with van der Waals surface area (Å²) in [5.41, 5.74) is 7.42. The van der Waals surface area contributed by atoms with Gasteiger partial charge in [-0.3, -0.25) is 9.59 Å². The number of amides is 1. The minimum Gasteiger partial charge on any atom is -0.472 e. The van der Waals surface area contributed by atoms with Gasteiger partial charge in [0.05, 0.1) is 12.0 Å². The van der Waals surface area contributed by atoms with Crippen molar-refractivity contribution in [1.82, 2.24) is 4.90 Å². The molecule has 0 radical (unpaired) electrons. The molecule has 8 nitrogen and oxygen atoms in total. The van der Waals surface area contributed by atoms with Crippen LogP contribution < -0.4 is 0 Å². The predicted octanol–water partition coefficient (Wildman–Crippen LogP) is -1.46. The Bertz CT molecular complexity index is 452. The Hall–Kier alpha value is -2.05. The number of aliphatic hydroxyl groups is 1. The van der Waals surface area contributed by atoms with E-state index in [2.05, 4.69) is 4.79 Å². The molecule has 2 N–H and O–H groups in total. The lowest BCUT2D eigenvalue weighted by atomic mass is 9.90. The molecular weight excluding hydrogens is 242 g/mol. The Morgan fingerprint density at radius 2 is 2.06 bits per heavy atom. The molecule has 1 fully saturated rings. The third-order valence-electron chi connectivity index (χ3n) is 2.96. The topological polar surface area (TPSA) is 131 Å². The average Bonchev–Trinajstić information content (AvgIpc) is 2.26. The number of likely N-dealkylation sites (tertiary alicyclic amines) is 1. The first kappa shape index (κ1) is 14.0. The van der Waals surface area contributed by atoms with E-state index in [1.807, 2.05) is 0 Å². The van der Waals surface area contributed by atoms with Crippen molar-refractivity contribution in [2.75, 3.05) is 6.54 Å². The highest BCUT2D eigenvalue weighted by Gasteiger charge is 2.47. The van der Waals surface area contributed by atoms with Crippen LogP contribution in [-0.2, 0) is 14.4 Å². The van der Waals surface area contributed by atoms with Crippen molar-refractivity contribution in [3.05, 3.63) is 5.53 Å². The van der Waals surface area contributed by atoms with Crippen molar-refractivity contribution in [3.63, 3.8) is 0 Å². The summed E-state index contributed by atoms with van der Waals surface area (Å²) in [6, 6.07) is -1.03. The number of hydrogen-bond donors (Lipinski definition) is 2. The summed E-state index contributed by atoms with van der Waals surface area (Å²) in [7, 11) is 0. The molecule has 98 valence electrons. The molecule has 18 heavy (non-hydrogen) atoms. The number of Topliss-reactive ketones (excluding diaryl/α,β-unsaturated/α-hetero) is 1. The molecule has 1 rings (SSSR count). The van der Waals surface area contributed by atoms with Gasteiger partial charge >= 0.3 is 11.7 Å². The van der Waals surface area contributed by atoms with Crippen molar-refractivity contribution < 1.29 is 29.4 Å². The fourth-order valence-electron chi connectivity index (χ4n) is 1.73. The maximum Gasteiger partial charge on any atom is 0.443 e. The molecule has 1 heterocycles. The molecule has 0 aliphatic carbocycles. The van der Waals surface area contributed by atoms with E-state index in [0.29, 0.717) is 0 Å². The first-order chi connectivity index (χ1) is 8.31. The molecule has 1 saturated heterocycles. The minimum absolute atomic E-state index is 0.168. The van der Waals surface area contributed by atoms with Crippen LogP contribution in [0.4, 0.5) is 0 Å². The number of ketones is 1. The summed E-state index contributed by atoms with van der Waals surface area (Å²) >= 11 is 0. The third kappa shape index (κ3) is 2.29. The largest absolute Gasteiger partial charge is 0.472 e. The summed E-state index contributed by atoms with van der Waals surface area (Å²) in [5.74, 6) is -3.61. The lowest BCUT2D eigenvalue weighted by Gasteiger charge is -2.42. The number of aliphatic hydroxyl groups excluding tert-OH is 1. The van der Waals surface area contributed by atoms with Gasteiger partial charge in [0.1, 0.15) is 6.04 Å². The molecule has 0 aromatic carbocycles. The molecule has 1 aliphatic heterocycles. The zero-order valence-electron chi connectivity index (χ0n) is 9.90. The standard InChI is InChI=1S/C10H13N3O5/c1-4(8(15)7(12-11)10(17)18)13-3-6(5(2)14)9(13)16/h4-6,14H,3H2,1-2H3,(H,17,18). The van der Waals surface area contributed by atoms with Crippen LogP contribution in [0.2, 0.25) is 0 Å².